The van der Waals surface area contributed by atoms with Crippen LogP contribution in [0.25, 0.3) is 0 Å². The van der Waals surface area contributed by atoms with Gasteiger partial charge < -0.3 is 20.3 Å². The van der Waals surface area contributed by atoms with E-state index in [1.54, 1.807) is 25.2 Å². The molecule has 2 amide bonds. The fraction of sp³-hybridized carbons (Fsp3) is 0.576. The molecule has 2 aromatic rings. The van der Waals surface area contributed by atoms with Crippen LogP contribution in [0, 0.1) is 5.82 Å². The molecule has 0 bridgehead atoms. The Bertz CT molecular complexity index is 1330. The van der Waals surface area contributed by atoms with Gasteiger partial charge in [-0.3, -0.25) is 14.5 Å². The monoisotopic (exact) mass is 647 g/mol. The molecule has 10 nitrogen and oxygen atoms in total. The molecule has 0 aliphatic carbocycles. The third-order valence-corrected chi connectivity index (χ3v) is 9.52. The Hall–Kier alpha value is -3.06. The predicted octanol–water partition coefficient (Wildman–Crippen LogP) is 5.18. The van der Waals surface area contributed by atoms with Crippen LogP contribution in [0.15, 0.2) is 47.4 Å². The number of nitrogens with zero attached hydrogens (tertiary/aromatic N) is 3. The fourth-order valence-electron chi connectivity index (χ4n) is 5.26. The van der Waals surface area contributed by atoms with Crippen molar-refractivity contribution in [3.8, 4) is 5.75 Å². The summed E-state index contributed by atoms with van der Waals surface area (Å²) in [5.74, 6) is -0.980. The number of benzene rings is 2. The number of amides is 2. The van der Waals surface area contributed by atoms with Crippen LogP contribution in [0.1, 0.15) is 64.2 Å². The third kappa shape index (κ3) is 13.1. The van der Waals surface area contributed by atoms with Gasteiger partial charge in [-0.1, -0.05) is 44.6 Å². The summed E-state index contributed by atoms with van der Waals surface area (Å²) in [6, 6.07) is 10.3. The molecule has 0 spiro atoms. The van der Waals surface area contributed by atoms with Gasteiger partial charge in [-0.2, -0.15) is 4.31 Å². The molecule has 250 valence electrons. The van der Waals surface area contributed by atoms with Crippen LogP contribution in [0.5, 0.6) is 5.75 Å². The number of ether oxygens (including phenoxy) is 1. The van der Waals surface area contributed by atoms with Gasteiger partial charge in [0.2, 0.25) is 21.8 Å². The van der Waals surface area contributed by atoms with Crippen LogP contribution < -0.4 is 15.4 Å². The average molecular weight is 648 g/mol. The third-order valence-electron chi connectivity index (χ3n) is 7.60. The second kappa shape index (κ2) is 18.8. The maximum atomic E-state index is 13.8. The number of carbonyl (C=O) groups excluding carboxylic acids is 2. The summed E-state index contributed by atoms with van der Waals surface area (Å²) >= 11 is 0. The number of hydrogen-bond acceptors (Lipinski definition) is 7. The van der Waals surface area contributed by atoms with Crippen molar-refractivity contribution >= 4 is 33.2 Å². The van der Waals surface area contributed by atoms with Crippen LogP contribution in [-0.2, 0) is 19.6 Å². The number of halogens is 1. The Balaban J connectivity index is 1.60. The van der Waals surface area contributed by atoms with Crippen molar-refractivity contribution in [1.82, 2.24) is 14.1 Å². The molecular formula is C33H50FN5O5S. The molecule has 0 aromatic heterocycles. The minimum Gasteiger partial charge on any atom is -0.492 e. The van der Waals surface area contributed by atoms with E-state index in [0.29, 0.717) is 31.1 Å². The van der Waals surface area contributed by atoms with Gasteiger partial charge in [0.15, 0.2) is 0 Å². The highest BCUT2D eigenvalue weighted by molar-refractivity contribution is 7.89. The van der Waals surface area contributed by atoms with Gasteiger partial charge in [-0.15, -0.1) is 0 Å². The highest BCUT2D eigenvalue weighted by Crippen LogP contribution is 2.31. The molecule has 45 heavy (non-hydrogen) atoms. The minimum atomic E-state index is -3.85. The summed E-state index contributed by atoms with van der Waals surface area (Å²) in [6.45, 7) is 2.21. The predicted molar refractivity (Wildman–Crippen MR) is 177 cm³/mol. The first-order chi connectivity index (χ1) is 21.5. The van der Waals surface area contributed by atoms with Crippen molar-refractivity contribution in [3.05, 3.63) is 48.3 Å². The van der Waals surface area contributed by atoms with E-state index in [-0.39, 0.29) is 23.7 Å². The van der Waals surface area contributed by atoms with E-state index in [1.165, 1.54) is 52.7 Å². The van der Waals surface area contributed by atoms with Crippen LogP contribution in [0.2, 0.25) is 0 Å². The van der Waals surface area contributed by atoms with Crippen molar-refractivity contribution in [3.63, 3.8) is 0 Å². The molecule has 0 unspecified atom stereocenters. The van der Waals surface area contributed by atoms with Gasteiger partial charge in [-0.25, -0.2) is 12.8 Å². The van der Waals surface area contributed by atoms with E-state index in [9.17, 15) is 22.4 Å². The lowest BCUT2D eigenvalue weighted by atomic mass is 10.1. The second-order valence-corrected chi connectivity index (χ2v) is 13.9. The number of rotatable bonds is 18. The molecule has 0 radical (unpaired) electrons. The number of carbonyl (C=O) groups is 2. The molecule has 0 saturated carbocycles. The zero-order chi connectivity index (χ0) is 32.7. The van der Waals surface area contributed by atoms with Crippen molar-refractivity contribution in [1.29, 1.82) is 0 Å². The lowest BCUT2D eigenvalue weighted by molar-refractivity contribution is -0.119. The molecule has 1 aliphatic rings. The number of anilines is 2. The maximum Gasteiger partial charge on any atom is 0.246 e. The van der Waals surface area contributed by atoms with Gasteiger partial charge in [0.05, 0.1) is 19.7 Å². The fourth-order valence-corrected chi connectivity index (χ4v) is 6.93. The van der Waals surface area contributed by atoms with Crippen molar-refractivity contribution in [2.45, 2.75) is 69.1 Å². The van der Waals surface area contributed by atoms with E-state index < -0.39 is 27.7 Å². The van der Waals surface area contributed by atoms with Gasteiger partial charge >= 0.3 is 0 Å². The molecule has 2 N–H and O–H groups in total. The lowest BCUT2D eigenvalue weighted by Gasteiger charge is -2.22. The molecule has 1 fully saturated rings. The van der Waals surface area contributed by atoms with Gasteiger partial charge in [0.1, 0.15) is 16.5 Å². The van der Waals surface area contributed by atoms with Crippen molar-refractivity contribution in [2.75, 3.05) is 71.1 Å². The number of unbranched alkanes of at least 4 members (excludes halogenated alkanes) is 5. The summed E-state index contributed by atoms with van der Waals surface area (Å²) in [5, 5.41) is 5.37. The Morgan fingerprint density at radius 1 is 0.822 bits per heavy atom. The number of nitrogens with one attached hydrogen (secondary N) is 2. The summed E-state index contributed by atoms with van der Waals surface area (Å²) in [5.41, 5.74) is 0.657. The van der Waals surface area contributed by atoms with Gasteiger partial charge in [0.25, 0.3) is 0 Å². The van der Waals surface area contributed by atoms with Crippen molar-refractivity contribution < 1.29 is 27.1 Å². The van der Waals surface area contributed by atoms with Gasteiger partial charge in [0, 0.05) is 24.5 Å². The van der Waals surface area contributed by atoms with Crippen molar-refractivity contribution in [2.24, 2.45) is 0 Å². The van der Waals surface area contributed by atoms with E-state index in [1.807, 2.05) is 0 Å². The molecule has 12 heteroatoms. The molecule has 3 rings (SSSR count). The molecule has 1 aliphatic heterocycles. The topological polar surface area (TPSA) is 111 Å². The standard InChI is InChI=1S/C33H50FN5O5S/c1-37(2)19-10-6-4-5-9-13-22-44-30-18-17-29(24-31(30)45(42,43)39-20-11-7-8-12-21-39)36-33(41)26-38(3)25-32(40)35-28-16-14-15-27(34)23-28/h14-18,23-24H,4-13,19-22,25-26H2,1-3H3,(H,35,40)(H,36,41). The second-order valence-electron chi connectivity index (χ2n) is 12.0. The Kier molecular flexibility index (Phi) is 15.2. The van der Waals surface area contributed by atoms with Crippen LogP contribution in [0.3, 0.4) is 0 Å². The zero-order valence-electron chi connectivity index (χ0n) is 27.0. The Labute approximate surface area is 268 Å². The first-order valence-electron chi connectivity index (χ1n) is 16.0. The summed E-state index contributed by atoms with van der Waals surface area (Å²) in [7, 11) is 1.93. The van der Waals surface area contributed by atoms with E-state index in [0.717, 1.165) is 51.5 Å². The minimum absolute atomic E-state index is 0.0497. The molecular weight excluding hydrogens is 597 g/mol. The highest BCUT2D eigenvalue weighted by atomic mass is 32.2. The summed E-state index contributed by atoms with van der Waals surface area (Å²) < 4.78 is 48.6. The first-order valence-corrected chi connectivity index (χ1v) is 17.4. The summed E-state index contributed by atoms with van der Waals surface area (Å²) in [4.78, 5) is 29.0. The first kappa shape index (κ1) is 36.4. The van der Waals surface area contributed by atoms with Gasteiger partial charge in [-0.05, 0) is 89.8 Å². The lowest BCUT2D eigenvalue weighted by Crippen LogP contribution is -2.36. The largest absolute Gasteiger partial charge is 0.492 e. The van der Waals surface area contributed by atoms with E-state index >= 15 is 0 Å². The molecule has 0 atom stereocenters. The number of sulfonamides is 1. The maximum absolute atomic E-state index is 13.8. The molecule has 1 saturated heterocycles. The van der Waals surface area contributed by atoms with E-state index in [2.05, 4.69) is 29.6 Å². The van der Waals surface area contributed by atoms with E-state index in [4.69, 9.17) is 4.74 Å². The highest BCUT2D eigenvalue weighted by Gasteiger charge is 2.29. The van der Waals surface area contributed by atoms with Crippen LogP contribution >= 0.6 is 0 Å². The molecule has 2 aromatic carbocycles. The Morgan fingerprint density at radius 2 is 1.42 bits per heavy atom. The average Bonchev–Trinajstić information content (AvgIpc) is 3.27. The smallest absolute Gasteiger partial charge is 0.246 e. The SMILES string of the molecule is CN(C)CCCCCCCCOc1ccc(NC(=O)CN(C)CC(=O)Nc2cccc(F)c2)cc1S(=O)(=O)N1CCCCCC1. The summed E-state index contributed by atoms with van der Waals surface area (Å²) in [6.07, 6.45) is 10.1. The Morgan fingerprint density at radius 3 is 2.04 bits per heavy atom. The molecule has 1 heterocycles. The number of likely N-dealkylation sites (N-methyl/N-ethyl adjacent to an activating group) is 1. The van der Waals surface area contributed by atoms with Crippen LogP contribution in [-0.4, -0.2) is 94.8 Å². The normalized spacial score (nSPS) is 14.4. The van der Waals surface area contributed by atoms with Crippen LogP contribution in [0.4, 0.5) is 15.8 Å². The zero-order valence-corrected chi connectivity index (χ0v) is 27.8. The number of hydrogen-bond donors (Lipinski definition) is 2. The quantitative estimate of drug-likeness (QED) is 0.215.